The van der Waals surface area contributed by atoms with Gasteiger partial charge in [0.2, 0.25) is 0 Å². The fourth-order valence-electron chi connectivity index (χ4n) is 3.85. The third-order valence-corrected chi connectivity index (χ3v) is 5.54. The van der Waals surface area contributed by atoms with Crippen LogP contribution in [0.1, 0.15) is 34.1 Å². The number of hydroxylamine groups is 2. The van der Waals surface area contributed by atoms with Crippen LogP contribution in [0.2, 0.25) is 0 Å². The van der Waals surface area contributed by atoms with Gasteiger partial charge in [-0.25, -0.2) is 0 Å². The summed E-state index contributed by atoms with van der Waals surface area (Å²) < 4.78 is 0. The van der Waals surface area contributed by atoms with E-state index in [9.17, 15) is 39.9 Å². The zero-order valence-corrected chi connectivity index (χ0v) is 18.6. The summed E-state index contributed by atoms with van der Waals surface area (Å²) in [6.45, 7) is 1.67. The van der Waals surface area contributed by atoms with Crippen molar-refractivity contribution in [2.45, 2.75) is 19.4 Å². The van der Waals surface area contributed by atoms with E-state index in [-0.39, 0.29) is 35.5 Å². The molecule has 0 bridgehead atoms. The maximum Gasteiger partial charge on any atom is 0.299 e. The Morgan fingerprint density at radius 2 is 1.58 bits per heavy atom. The Balaban J connectivity index is 1.49. The predicted molar refractivity (Wildman–Crippen MR) is 125 cm³/mol. The average Bonchev–Trinajstić information content (AvgIpc) is 2.84. The number of nitrogens with one attached hydrogen (secondary N) is 1. The molecule has 1 aliphatic rings. The van der Waals surface area contributed by atoms with Gasteiger partial charge in [-0.2, -0.15) is 0 Å². The number of nitro benzene ring substituents is 3. The molecule has 1 N–H and O–H groups in total. The second-order valence-corrected chi connectivity index (χ2v) is 7.91. The lowest BCUT2D eigenvalue weighted by Crippen LogP contribution is -2.42. The first-order valence-electron chi connectivity index (χ1n) is 10.5. The van der Waals surface area contributed by atoms with Gasteiger partial charge in [0.1, 0.15) is 5.69 Å². The molecule has 184 valence electrons. The van der Waals surface area contributed by atoms with Gasteiger partial charge in [0.25, 0.3) is 28.9 Å². The molecule has 0 saturated carbocycles. The van der Waals surface area contributed by atoms with Gasteiger partial charge in [-0.05, 0) is 30.9 Å². The van der Waals surface area contributed by atoms with Crippen molar-refractivity contribution in [2.75, 3.05) is 11.9 Å². The van der Waals surface area contributed by atoms with Crippen LogP contribution in [0.4, 0.5) is 22.7 Å². The van der Waals surface area contributed by atoms with E-state index in [4.69, 9.17) is 4.84 Å². The van der Waals surface area contributed by atoms with Gasteiger partial charge >= 0.3 is 0 Å². The first-order valence-corrected chi connectivity index (χ1v) is 10.5. The van der Waals surface area contributed by atoms with Gasteiger partial charge in [-0.3, -0.25) is 44.8 Å². The van der Waals surface area contributed by atoms with Crippen LogP contribution in [-0.4, -0.2) is 44.3 Å². The lowest BCUT2D eigenvalue weighted by atomic mass is 9.94. The number of carbonyl (C=O) groups excluding carboxylic acids is 2. The van der Waals surface area contributed by atoms with Crippen molar-refractivity contribution in [3.63, 3.8) is 0 Å². The number of hydrogen-bond donors (Lipinski definition) is 1. The molecule has 1 unspecified atom stereocenters. The van der Waals surface area contributed by atoms with Crippen molar-refractivity contribution in [1.82, 2.24) is 5.06 Å². The van der Waals surface area contributed by atoms with Crippen LogP contribution in [0.15, 0.2) is 48.5 Å². The summed E-state index contributed by atoms with van der Waals surface area (Å²) in [5.41, 5.74) is -1.05. The Morgan fingerprint density at radius 1 is 0.889 bits per heavy atom. The monoisotopic (exact) mass is 495 g/mol. The maximum absolute atomic E-state index is 13.0. The van der Waals surface area contributed by atoms with Crippen molar-refractivity contribution in [3.8, 4) is 0 Å². The molecule has 1 heterocycles. The van der Waals surface area contributed by atoms with Crippen molar-refractivity contribution in [2.24, 2.45) is 0 Å². The molecule has 0 radical (unpaired) electrons. The van der Waals surface area contributed by atoms with E-state index in [1.807, 2.05) is 0 Å². The van der Waals surface area contributed by atoms with Crippen molar-refractivity contribution < 1.29 is 29.2 Å². The highest BCUT2D eigenvalue weighted by Gasteiger charge is 2.36. The van der Waals surface area contributed by atoms with Gasteiger partial charge in [-0.1, -0.05) is 12.1 Å². The molecule has 0 fully saturated rings. The standard InChI is InChI=1S/C22H17N5O9/c1-12(7-8-23-18-6-5-14(25(30)31)11-19(18)27(34)35)36-24-21(28)16-4-2-3-13-9-15(26(32)33)10-17(20(13)16)22(24)29/h2-6,9-12,23H,7-8H2,1H3. The van der Waals surface area contributed by atoms with Crippen LogP contribution in [0.3, 0.4) is 0 Å². The summed E-state index contributed by atoms with van der Waals surface area (Å²) in [6, 6.07) is 10.1. The Bertz CT molecular complexity index is 1460. The highest BCUT2D eigenvalue weighted by molar-refractivity contribution is 6.25. The summed E-state index contributed by atoms with van der Waals surface area (Å²) in [5, 5.41) is 37.5. The van der Waals surface area contributed by atoms with Crippen LogP contribution in [-0.2, 0) is 4.84 Å². The number of hydrogen-bond acceptors (Lipinski definition) is 10. The van der Waals surface area contributed by atoms with E-state index in [2.05, 4.69) is 5.32 Å². The number of nitrogens with zero attached hydrogens (tertiary/aromatic N) is 4. The van der Waals surface area contributed by atoms with Crippen LogP contribution in [0, 0.1) is 30.3 Å². The molecule has 3 aromatic rings. The molecule has 0 aliphatic carbocycles. The first-order chi connectivity index (χ1) is 17.1. The molecule has 0 aromatic heterocycles. The first kappa shape index (κ1) is 24.2. The number of carbonyl (C=O) groups is 2. The van der Waals surface area contributed by atoms with E-state index >= 15 is 0 Å². The molecule has 36 heavy (non-hydrogen) atoms. The Morgan fingerprint density at radius 3 is 2.25 bits per heavy atom. The van der Waals surface area contributed by atoms with Gasteiger partial charge in [0.05, 0.1) is 38.1 Å². The molecule has 2 amide bonds. The van der Waals surface area contributed by atoms with E-state index in [1.54, 1.807) is 19.1 Å². The summed E-state index contributed by atoms with van der Waals surface area (Å²) in [5.74, 6) is -1.57. The maximum atomic E-state index is 13.0. The van der Waals surface area contributed by atoms with E-state index in [1.165, 1.54) is 18.2 Å². The van der Waals surface area contributed by atoms with Crippen LogP contribution in [0.25, 0.3) is 10.8 Å². The minimum absolute atomic E-state index is 0.0405. The van der Waals surface area contributed by atoms with Gasteiger partial charge in [-0.15, -0.1) is 5.06 Å². The minimum atomic E-state index is -0.849. The van der Waals surface area contributed by atoms with E-state index in [0.29, 0.717) is 15.8 Å². The quantitative estimate of drug-likeness (QED) is 0.258. The summed E-state index contributed by atoms with van der Waals surface area (Å²) >= 11 is 0. The Labute approximate surface area is 201 Å². The number of rotatable bonds is 9. The Hall–Kier alpha value is -4.98. The summed E-state index contributed by atoms with van der Waals surface area (Å²) in [6.07, 6.45) is -0.557. The molecular weight excluding hydrogens is 478 g/mol. The number of imide groups is 1. The second-order valence-electron chi connectivity index (χ2n) is 7.91. The molecule has 4 rings (SSSR count). The number of non-ortho nitro benzene ring substituents is 2. The Kier molecular flexibility index (Phi) is 6.27. The molecule has 0 spiro atoms. The highest BCUT2D eigenvalue weighted by atomic mass is 16.7. The van der Waals surface area contributed by atoms with E-state index < -0.39 is 44.1 Å². The normalized spacial score (nSPS) is 13.5. The predicted octanol–water partition coefficient (Wildman–Crippen LogP) is 3.98. The largest absolute Gasteiger partial charge is 0.379 e. The molecule has 0 saturated heterocycles. The number of nitro groups is 3. The zero-order chi connectivity index (χ0) is 26.1. The van der Waals surface area contributed by atoms with Gasteiger partial charge in [0, 0.05) is 30.1 Å². The van der Waals surface area contributed by atoms with Crippen molar-refractivity contribution in [3.05, 3.63) is 90.0 Å². The minimum Gasteiger partial charge on any atom is -0.379 e. The third kappa shape index (κ3) is 4.39. The van der Waals surface area contributed by atoms with Crippen LogP contribution >= 0.6 is 0 Å². The number of benzene rings is 3. The van der Waals surface area contributed by atoms with Crippen molar-refractivity contribution >= 4 is 45.3 Å². The highest BCUT2D eigenvalue weighted by Crippen LogP contribution is 2.34. The molecule has 14 nitrogen and oxygen atoms in total. The van der Waals surface area contributed by atoms with Crippen molar-refractivity contribution in [1.29, 1.82) is 0 Å². The summed E-state index contributed by atoms with van der Waals surface area (Å²) in [7, 11) is 0. The number of amides is 2. The van der Waals surface area contributed by atoms with Crippen LogP contribution < -0.4 is 5.32 Å². The fraction of sp³-hybridized carbons (Fsp3) is 0.182. The topological polar surface area (TPSA) is 188 Å². The smallest absolute Gasteiger partial charge is 0.299 e. The number of anilines is 1. The molecule has 14 heteroatoms. The van der Waals surface area contributed by atoms with Gasteiger partial charge < -0.3 is 5.32 Å². The van der Waals surface area contributed by atoms with Gasteiger partial charge in [0.15, 0.2) is 0 Å². The second kappa shape index (κ2) is 9.34. The average molecular weight is 495 g/mol. The molecule has 1 aliphatic heterocycles. The zero-order valence-electron chi connectivity index (χ0n) is 18.6. The van der Waals surface area contributed by atoms with Crippen LogP contribution in [0.5, 0.6) is 0 Å². The molecule has 3 aromatic carbocycles. The lowest BCUT2D eigenvalue weighted by Gasteiger charge is -2.28. The summed E-state index contributed by atoms with van der Waals surface area (Å²) in [4.78, 5) is 62.9. The molecule has 1 atom stereocenters. The fourth-order valence-corrected chi connectivity index (χ4v) is 3.85. The lowest BCUT2D eigenvalue weighted by molar-refractivity contribution is -0.393. The van der Waals surface area contributed by atoms with E-state index in [0.717, 1.165) is 18.2 Å². The SMILES string of the molecule is CC(CCNc1ccc([N+](=O)[O-])cc1[N+](=O)[O-])ON1C(=O)c2cccc3cc([N+](=O)[O-])cc(c23)C1=O. The third-order valence-electron chi connectivity index (χ3n) is 5.54. The molecular formula is C22H17N5O9.